The third kappa shape index (κ3) is 3.09. The van der Waals surface area contributed by atoms with Gasteiger partial charge in [0, 0.05) is 11.4 Å². The number of benzene rings is 1. The number of hydrogen-bond donors (Lipinski definition) is 1. The monoisotopic (exact) mass is 286 g/mol. The maximum atomic E-state index is 12.2. The van der Waals surface area contributed by atoms with E-state index in [0.717, 1.165) is 29.5 Å². The molecule has 1 fully saturated rings. The van der Waals surface area contributed by atoms with E-state index in [4.69, 9.17) is 4.52 Å². The fourth-order valence-electron chi connectivity index (χ4n) is 3.05. The van der Waals surface area contributed by atoms with Gasteiger partial charge in [0.05, 0.1) is 6.42 Å². The summed E-state index contributed by atoms with van der Waals surface area (Å²) in [6, 6.07) is 4.39. The van der Waals surface area contributed by atoms with Gasteiger partial charge in [-0.25, -0.2) is 0 Å². The number of carbonyl (C=O) groups is 1. The lowest BCUT2D eigenvalue weighted by Gasteiger charge is -2.22. The largest absolute Gasteiger partial charge is 0.356 e. The molecule has 1 aromatic heterocycles. The lowest BCUT2D eigenvalue weighted by molar-refractivity contribution is -0.121. The number of nitrogens with zero attached hydrogens (tertiary/aromatic N) is 1. The zero-order chi connectivity index (χ0) is 14.8. The summed E-state index contributed by atoms with van der Waals surface area (Å²) in [6.45, 7) is 4.11. The number of nitrogens with one attached hydrogen (secondary N) is 1. The van der Waals surface area contributed by atoms with Crippen molar-refractivity contribution in [2.75, 3.05) is 0 Å². The van der Waals surface area contributed by atoms with Crippen molar-refractivity contribution in [3.63, 3.8) is 0 Å². The molecule has 2 aromatic rings. The number of hydrogen-bond acceptors (Lipinski definition) is 3. The van der Waals surface area contributed by atoms with Crippen LogP contribution in [0.4, 0.5) is 0 Å². The molecule has 1 aromatic carbocycles. The molecular formula is C17H22N2O2. The molecule has 1 saturated carbocycles. The molecule has 112 valence electrons. The highest BCUT2D eigenvalue weighted by Crippen LogP contribution is 2.23. The predicted molar refractivity (Wildman–Crippen MR) is 82.2 cm³/mol. The first-order chi connectivity index (χ1) is 10.1. The Kier molecular flexibility index (Phi) is 3.95. The molecule has 0 atom stereocenters. The van der Waals surface area contributed by atoms with E-state index in [1.807, 2.05) is 13.0 Å². The number of aryl methyl sites for hydroxylation is 2. The van der Waals surface area contributed by atoms with Gasteiger partial charge in [-0.2, -0.15) is 0 Å². The van der Waals surface area contributed by atoms with E-state index >= 15 is 0 Å². The molecule has 1 aliphatic carbocycles. The van der Waals surface area contributed by atoms with Gasteiger partial charge in [-0.05, 0) is 49.9 Å². The van der Waals surface area contributed by atoms with Crippen LogP contribution in [0.5, 0.6) is 0 Å². The van der Waals surface area contributed by atoms with E-state index in [9.17, 15) is 4.79 Å². The Morgan fingerprint density at radius 3 is 2.71 bits per heavy atom. The summed E-state index contributed by atoms with van der Waals surface area (Å²) in [6.07, 6.45) is 6.23. The molecule has 1 amide bonds. The Hall–Kier alpha value is -1.84. The molecule has 4 heteroatoms. The Morgan fingerprint density at radius 1 is 1.24 bits per heavy atom. The molecule has 1 N–H and O–H groups in total. The van der Waals surface area contributed by atoms with Crippen molar-refractivity contribution >= 4 is 16.9 Å². The summed E-state index contributed by atoms with van der Waals surface area (Å²) in [4.78, 5) is 12.2. The van der Waals surface area contributed by atoms with E-state index < -0.39 is 0 Å². The fraction of sp³-hybridized carbons (Fsp3) is 0.529. The average Bonchev–Trinajstić information content (AvgIpc) is 2.83. The van der Waals surface area contributed by atoms with Crippen molar-refractivity contribution in [3.8, 4) is 0 Å². The molecule has 0 radical (unpaired) electrons. The van der Waals surface area contributed by atoms with Gasteiger partial charge >= 0.3 is 0 Å². The van der Waals surface area contributed by atoms with Crippen LogP contribution in [-0.2, 0) is 11.2 Å². The Bertz CT molecular complexity index is 654. The molecule has 0 spiro atoms. The topological polar surface area (TPSA) is 55.1 Å². The standard InChI is InChI=1S/C17H22N2O2/c1-11-8-14-15(19-21-16(14)9-12(11)2)10-17(20)18-13-6-4-3-5-7-13/h8-9,13H,3-7,10H2,1-2H3,(H,18,20). The van der Waals surface area contributed by atoms with Crippen LogP contribution in [0.15, 0.2) is 16.7 Å². The maximum absolute atomic E-state index is 12.2. The summed E-state index contributed by atoms with van der Waals surface area (Å²) < 4.78 is 5.35. The molecule has 0 aliphatic heterocycles. The van der Waals surface area contributed by atoms with Gasteiger partial charge in [0.25, 0.3) is 0 Å². The summed E-state index contributed by atoms with van der Waals surface area (Å²) in [5, 5.41) is 8.16. The van der Waals surface area contributed by atoms with Crippen molar-refractivity contribution in [2.45, 2.75) is 58.4 Å². The van der Waals surface area contributed by atoms with Crippen molar-refractivity contribution in [1.82, 2.24) is 10.5 Å². The SMILES string of the molecule is Cc1cc2onc(CC(=O)NC3CCCCC3)c2cc1C. The second kappa shape index (κ2) is 5.88. The van der Waals surface area contributed by atoms with Gasteiger partial charge in [-0.3, -0.25) is 4.79 Å². The van der Waals surface area contributed by atoms with E-state index in [2.05, 4.69) is 23.5 Å². The number of aromatic nitrogens is 1. The molecule has 1 heterocycles. The van der Waals surface area contributed by atoms with Gasteiger partial charge in [-0.15, -0.1) is 0 Å². The first kappa shape index (κ1) is 14.1. The van der Waals surface area contributed by atoms with Crippen LogP contribution in [0.1, 0.15) is 48.9 Å². The summed E-state index contributed by atoms with van der Waals surface area (Å²) in [7, 11) is 0. The quantitative estimate of drug-likeness (QED) is 0.940. The highest BCUT2D eigenvalue weighted by molar-refractivity contribution is 5.87. The van der Waals surface area contributed by atoms with Gasteiger partial charge in [0.2, 0.25) is 5.91 Å². The number of amides is 1. The van der Waals surface area contributed by atoms with Gasteiger partial charge in [-0.1, -0.05) is 24.4 Å². The number of fused-ring (bicyclic) bond motifs is 1. The van der Waals surface area contributed by atoms with Crippen LogP contribution >= 0.6 is 0 Å². The van der Waals surface area contributed by atoms with E-state index in [1.165, 1.54) is 30.4 Å². The maximum Gasteiger partial charge on any atom is 0.226 e. The second-order valence-corrected chi connectivity index (χ2v) is 6.14. The van der Waals surface area contributed by atoms with Crippen molar-refractivity contribution in [3.05, 3.63) is 29.0 Å². The molecule has 0 bridgehead atoms. The molecule has 4 nitrogen and oxygen atoms in total. The Labute approximate surface area is 124 Å². The van der Waals surface area contributed by atoms with Gasteiger partial charge < -0.3 is 9.84 Å². The molecule has 0 saturated heterocycles. The zero-order valence-electron chi connectivity index (χ0n) is 12.7. The molecular weight excluding hydrogens is 264 g/mol. The van der Waals surface area contributed by atoms with Crippen LogP contribution in [-0.4, -0.2) is 17.1 Å². The van der Waals surface area contributed by atoms with Gasteiger partial charge in [0.1, 0.15) is 5.69 Å². The van der Waals surface area contributed by atoms with Crippen LogP contribution in [0.2, 0.25) is 0 Å². The minimum absolute atomic E-state index is 0.0512. The van der Waals surface area contributed by atoms with Crippen LogP contribution in [0, 0.1) is 13.8 Å². The summed E-state index contributed by atoms with van der Waals surface area (Å²) >= 11 is 0. The molecule has 0 unspecified atom stereocenters. The summed E-state index contributed by atoms with van der Waals surface area (Å²) in [5.41, 5.74) is 3.87. The molecule has 21 heavy (non-hydrogen) atoms. The Balaban J connectivity index is 1.72. The first-order valence-electron chi connectivity index (χ1n) is 7.78. The van der Waals surface area contributed by atoms with Crippen molar-refractivity contribution < 1.29 is 9.32 Å². The lowest BCUT2D eigenvalue weighted by atomic mass is 9.95. The minimum atomic E-state index is 0.0512. The predicted octanol–water partition coefficient (Wildman–Crippen LogP) is 3.44. The summed E-state index contributed by atoms with van der Waals surface area (Å²) in [5.74, 6) is 0.0512. The Morgan fingerprint density at radius 2 is 1.95 bits per heavy atom. The van der Waals surface area contributed by atoms with Crippen LogP contribution < -0.4 is 5.32 Å². The smallest absolute Gasteiger partial charge is 0.226 e. The van der Waals surface area contributed by atoms with Crippen molar-refractivity contribution in [2.24, 2.45) is 0 Å². The zero-order valence-corrected chi connectivity index (χ0v) is 12.7. The van der Waals surface area contributed by atoms with Crippen LogP contribution in [0.3, 0.4) is 0 Å². The van der Waals surface area contributed by atoms with E-state index in [-0.39, 0.29) is 5.91 Å². The average molecular weight is 286 g/mol. The third-order valence-corrected chi connectivity index (χ3v) is 4.46. The normalized spacial score (nSPS) is 16.3. The lowest BCUT2D eigenvalue weighted by Crippen LogP contribution is -2.37. The first-order valence-corrected chi connectivity index (χ1v) is 7.78. The molecule has 3 rings (SSSR count). The van der Waals surface area contributed by atoms with E-state index in [1.54, 1.807) is 0 Å². The highest BCUT2D eigenvalue weighted by atomic mass is 16.5. The van der Waals surface area contributed by atoms with Crippen LogP contribution in [0.25, 0.3) is 11.0 Å². The van der Waals surface area contributed by atoms with Crippen molar-refractivity contribution in [1.29, 1.82) is 0 Å². The third-order valence-electron chi connectivity index (χ3n) is 4.46. The minimum Gasteiger partial charge on any atom is -0.356 e. The highest BCUT2D eigenvalue weighted by Gasteiger charge is 2.18. The fourth-order valence-corrected chi connectivity index (χ4v) is 3.05. The number of carbonyl (C=O) groups excluding carboxylic acids is 1. The van der Waals surface area contributed by atoms with Gasteiger partial charge in [0.15, 0.2) is 5.58 Å². The molecule has 1 aliphatic rings. The number of rotatable bonds is 3. The second-order valence-electron chi connectivity index (χ2n) is 6.14. The van der Waals surface area contributed by atoms with E-state index in [0.29, 0.717) is 12.5 Å².